The van der Waals surface area contributed by atoms with Gasteiger partial charge < -0.3 is 0 Å². The van der Waals surface area contributed by atoms with Crippen LogP contribution >= 0.6 is 23.4 Å². The third kappa shape index (κ3) is 4.43. The van der Waals surface area contributed by atoms with Crippen LogP contribution in [0.1, 0.15) is 16.8 Å². The van der Waals surface area contributed by atoms with Crippen LogP contribution in [-0.4, -0.2) is 15.2 Å². The summed E-state index contributed by atoms with van der Waals surface area (Å²) in [6, 6.07) is 17.3. The second-order valence-electron chi connectivity index (χ2n) is 4.98. The number of rotatable bonds is 5. The van der Waals surface area contributed by atoms with Crippen molar-refractivity contribution in [1.29, 1.82) is 0 Å². The van der Waals surface area contributed by atoms with Gasteiger partial charge in [0.05, 0.1) is 0 Å². The molecule has 6 heteroatoms. The molecule has 3 aromatic rings. The summed E-state index contributed by atoms with van der Waals surface area (Å²) in [6.07, 6.45) is 0.477. The molecule has 0 fully saturated rings. The highest BCUT2D eigenvalue weighted by molar-refractivity contribution is 7.98. The zero-order valence-electron chi connectivity index (χ0n) is 12.2. The van der Waals surface area contributed by atoms with E-state index in [0.29, 0.717) is 28.0 Å². The minimum atomic E-state index is -0.192. The summed E-state index contributed by atoms with van der Waals surface area (Å²) >= 11 is 7.29. The van der Waals surface area contributed by atoms with Gasteiger partial charge in [0, 0.05) is 17.2 Å². The predicted molar refractivity (Wildman–Crippen MR) is 92.9 cm³/mol. The summed E-state index contributed by atoms with van der Waals surface area (Å²) in [5, 5.41) is 9.39. The molecule has 1 aromatic heterocycles. The first-order valence-electron chi connectivity index (χ1n) is 7.08. The third-order valence-electron chi connectivity index (χ3n) is 3.25. The highest BCUT2D eigenvalue weighted by Crippen LogP contribution is 2.19. The summed E-state index contributed by atoms with van der Waals surface area (Å²) in [4.78, 5) is 14.9. The fourth-order valence-electron chi connectivity index (χ4n) is 2.05. The zero-order valence-corrected chi connectivity index (χ0v) is 13.8. The van der Waals surface area contributed by atoms with Crippen LogP contribution in [0.25, 0.3) is 0 Å². The van der Waals surface area contributed by atoms with Gasteiger partial charge in [0.25, 0.3) is 5.56 Å². The maximum Gasteiger partial charge on any atom is 0.273 e. The molecule has 0 atom stereocenters. The monoisotopic (exact) mass is 343 g/mol. The Kier molecular flexibility index (Phi) is 5.10. The fourth-order valence-corrected chi connectivity index (χ4v) is 2.93. The topological polar surface area (TPSA) is 58.6 Å². The number of halogens is 1. The Morgan fingerprint density at radius 3 is 2.39 bits per heavy atom. The van der Waals surface area contributed by atoms with Gasteiger partial charge in [-0.15, -0.1) is 10.2 Å². The normalized spacial score (nSPS) is 10.7. The number of nitrogens with one attached hydrogen (secondary N) is 1. The Bertz CT molecular complexity index is 834. The van der Waals surface area contributed by atoms with Crippen LogP contribution in [0.4, 0.5) is 0 Å². The minimum absolute atomic E-state index is 0.192. The van der Waals surface area contributed by atoms with Crippen LogP contribution in [-0.2, 0) is 12.2 Å². The van der Waals surface area contributed by atoms with Crippen molar-refractivity contribution < 1.29 is 0 Å². The van der Waals surface area contributed by atoms with E-state index >= 15 is 0 Å². The van der Waals surface area contributed by atoms with Crippen LogP contribution in [0.15, 0.2) is 64.5 Å². The standard InChI is InChI=1S/C17H14ClN3OS/c18-14-8-6-13(7-9-14)11-23-17-19-16(22)15(20-21-17)10-12-4-2-1-3-5-12/h1-9H,10-11H2,(H,19,21,22). The Morgan fingerprint density at radius 1 is 0.957 bits per heavy atom. The Morgan fingerprint density at radius 2 is 1.70 bits per heavy atom. The van der Waals surface area contributed by atoms with E-state index < -0.39 is 0 Å². The van der Waals surface area contributed by atoms with Gasteiger partial charge >= 0.3 is 0 Å². The van der Waals surface area contributed by atoms with Gasteiger partial charge in [-0.25, -0.2) is 0 Å². The number of benzene rings is 2. The molecule has 0 saturated heterocycles. The molecule has 0 spiro atoms. The van der Waals surface area contributed by atoms with Gasteiger partial charge in [0.2, 0.25) is 0 Å². The first kappa shape index (κ1) is 15.8. The van der Waals surface area contributed by atoms with Gasteiger partial charge in [-0.1, -0.05) is 65.8 Å². The lowest BCUT2D eigenvalue weighted by atomic mass is 10.1. The average Bonchev–Trinajstić information content (AvgIpc) is 2.57. The quantitative estimate of drug-likeness (QED) is 0.717. The number of aromatic nitrogens is 3. The van der Waals surface area contributed by atoms with E-state index in [2.05, 4.69) is 15.2 Å². The lowest BCUT2D eigenvalue weighted by Crippen LogP contribution is -2.17. The van der Waals surface area contributed by atoms with E-state index in [1.54, 1.807) is 0 Å². The third-order valence-corrected chi connectivity index (χ3v) is 4.43. The smallest absolute Gasteiger partial charge is 0.273 e. The van der Waals surface area contributed by atoms with Gasteiger partial charge in [-0.3, -0.25) is 9.78 Å². The maximum absolute atomic E-state index is 12.1. The van der Waals surface area contributed by atoms with Crippen molar-refractivity contribution in [3.8, 4) is 0 Å². The van der Waals surface area contributed by atoms with Crippen LogP contribution in [0, 0.1) is 0 Å². The van der Waals surface area contributed by atoms with Crippen LogP contribution in [0.2, 0.25) is 5.02 Å². The average molecular weight is 344 g/mol. The van der Waals surface area contributed by atoms with E-state index in [-0.39, 0.29) is 5.56 Å². The Hall–Kier alpha value is -2.11. The second-order valence-corrected chi connectivity index (χ2v) is 6.38. The van der Waals surface area contributed by atoms with Gasteiger partial charge in [-0.05, 0) is 23.3 Å². The number of nitrogens with zero attached hydrogens (tertiary/aromatic N) is 2. The maximum atomic E-state index is 12.1. The Labute approximate surface area is 142 Å². The molecule has 2 aromatic carbocycles. The van der Waals surface area contributed by atoms with E-state index in [1.165, 1.54) is 11.8 Å². The summed E-state index contributed by atoms with van der Waals surface area (Å²) < 4.78 is 0. The molecule has 116 valence electrons. The van der Waals surface area contributed by atoms with Gasteiger partial charge in [0.15, 0.2) is 5.16 Å². The first-order chi connectivity index (χ1) is 11.2. The molecular weight excluding hydrogens is 330 g/mol. The van der Waals surface area contributed by atoms with E-state index in [9.17, 15) is 4.79 Å². The number of aromatic amines is 1. The van der Waals surface area contributed by atoms with Crippen LogP contribution in [0.5, 0.6) is 0 Å². The molecule has 23 heavy (non-hydrogen) atoms. The van der Waals surface area contributed by atoms with Crippen molar-refractivity contribution >= 4 is 23.4 Å². The van der Waals surface area contributed by atoms with Gasteiger partial charge in [-0.2, -0.15) is 0 Å². The molecule has 4 nitrogen and oxygen atoms in total. The molecule has 0 aliphatic rings. The highest BCUT2D eigenvalue weighted by Gasteiger charge is 2.06. The summed E-state index contributed by atoms with van der Waals surface area (Å²) in [5.74, 6) is 0.694. The molecular formula is C17H14ClN3OS. The van der Waals surface area contributed by atoms with Crippen molar-refractivity contribution in [2.24, 2.45) is 0 Å². The molecule has 0 aliphatic heterocycles. The van der Waals surface area contributed by atoms with Crippen molar-refractivity contribution in [3.63, 3.8) is 0 Å². The van der Waals surface area contributed by atoms with E-state index in [0.717, 1.165) is 11.1 Å². The molecule has 0 saturated carbocycles. The molecule has 0 unspecified atom stereocenters. The van der Waals surface area contributed by atoms with E-state index in [1.807, 2.05) is 54.6 Å². The van der Waals surface area contributed by atoms with Gasteiger partial charge in [0.1, 0.15) is 5.69 Å². The number of hydrogen-bond donors (Lipinski definition) is 1. The molecule has 0 bridgehead atoms. The molecule has 3 rings (SSSR count). The zero-order chi connectivity index (χ0) is 16.1. The van der Waals surface area contributed by atoms with Crippen molar-refractivity contribution in [3.05, 3.63) is 86.8 Å². The molecule has 0 aliphatic carbocycles. The van der Waals surface area contributed by atoms with Crippen LogP contribution in [0.3, 0.4) is 0 Å². The molecule has 1 heterocycles. The predicted octanol–water partition coefficient (Wildman–Crippen LogP) is 3.70. The van der Waals surface area contributed by atoms with Crippen molar-refractivity contribution in [1.82, 2.24) is 15.2 Å². The van der Waals surface area contributed by atoms with Crippen molar-refractivity contribution in [2.75, 3.05) is 0 Å². The fraction of sp³-hybridized carbons (Fsp3) is 0.118. The lowest BCUT2D eigenvalue weighted by molar-refractivity contribution is 0.772. The van der Waals surface area contributed by atoms with Crippen LogP contribution < -0.4 is 5.56 Å². The summed E-state index contributed by atoms with van der Waals surface area (Å²) in [7, 11) is 0. The molecule has 0 amide bonds. The van der Waals surface area contributed by atoms with Crippen molar-refractivity contribution in [2.45, 2.75) is 17.3 Å². The molecule has 1 N–H and O–H groups in total. The molecule has 0 radical (unpaired) electrons. The minimum Gasteiger partial charge on any atom is -0.298 e. The highest BCUT2D eigenvalue weighted by atomic mass is 35.5. The number of hydrogen-bond acceptors (Lipinski definition) is 4. The van der Waals surface area contributed by atoms with E-state index in [4.69, 9.17) is 11.6 Å². The first-order valence-corrected chi connectivity index (χ1v) is 8.44. The largest absolute Gasteiger partial charge is 0.298 e. The second kappa shape index (κ2) is 7.44. The SMILES string of the molecule is O=c1[nH]c(SCc2ccc(Cl)cc2)nnc1Cc1ccccc1. The Balaban J connectivity index is 1.67. The summed E-state index contributed by atoms with van der Waals surface area (Å²) in [6.45, 7) is 0. The summed E-state index contributed by atoms with van der Waals surface area (Å²) in [5.41, 5.74) is 2.37. The number of H-pyrrole nitrogens is 1. The number of thioether (sulfide) groups is 1. The lowest BCUT2D eigenvalue weighted by Gasteiger charge is -2.03.